The van der Waals surface area contributed by atoms with E-state index in [4.69, 9.17) is 32.0 Å². The molecule has 46 heavy (non-hydrogen) atoms. The fourth-order valence-corrected chi connectivity index (χ4v) is 5.83. The van der Waals surface area contributed by atoms with Gasteiger partial charge in [0.05, 0.1) is 23.6 Å². The highest BCUT2D eigenvalue weighted by atomic mass is 35.5. The molecule has 4 aromatic rings. The first-order chi connectivity index (χ1) is 21.4. The van der Waals surface area contributed by atoms with E-state index in [0.29, 0.717) is 19.4 Å². The molecule has 250 valence electrons. The first-order valence-electron chi connectivity index (χ1n) is 14.0. The lowest BCUT2D eigenvalue weighted by atomic mass is 9.98. The number of hydrogen-bond donors (Lipinski definition) is 4. The van der Waals surface area contributed by atoms with E-state index in [1.807, 2.05) is 69.8 Å². The van der Waals surface area contributed by atoms with Crippen LogP contribution in [0, 0.1) is 27.7 Å². The molecule has 0 aliphatic heterocycles. The van der Waals surface area contributed by atoms with E-state index < -0.39 is 28.1 Å². The number of ether oxygens (including phenoxy) is 1. The number of carboxylic acid groups (broad SMARTS) is 1. The number of sulfonamides is 1. The van der Waals surface area contributed by atoms with E-state index in [1.54, 1.807) is 0 Å². The monoisotopic (exact) mass is 685 g/mol. The van der Waals surface area contributed by atoms with Crippen LogP contribution in [-0.4, -0.2) is 65.2 Å². The van der Waals surface area contributed by atoms with Gasteiger partial charge in [0.1, 0.15) is 11.4 Å². The molecule has 1 amide bonds. The standard InChI is InChI=1S/C28H34ClN5O4S.C2HF3O2/c1-16-14-20(15-17(2)25(16)29)38-12-7-10-22-21-8-6-9-23(24-18(3)32-34(5)19(24)4)26(21)31-27(22)28(35)33-39(36,37)13-11-30;3-2(4,5)1(6)7/h6,8-9,14-15,31H,7,10-13,30H2,1-5H3,(H,33,35);(H,6,7). The van der Waals surface area contributed by atoms with Crippen LogP contribution < -0.4 is 15.2 Å². The molecule has 0 fully saturated rings. The third-order valence-corrected chi connectivity index (χ3v) is 8.94. The van der Waals surface area contributed by atoms with Crippen molar-refractivity contribution in [2.75, 3.05) is 18.9 Å². The van der Waals surface area contributed by atoms with Crippen molar-refractivity contribution in [1.82, 2.24) is 19.5 Å². The van der Waals surface area contributed by atoms with Crippen molar-refractivity contribution in [1.29, 1.82) is 0 Å². The number of amides is 1. The summed E-state index contributed by atoms with van der Waals surface area (Å²) in [5, 5.41) is 13.2. The van der Waals surface area contributed by atoms with Crippen LogP contribution in [0.4, 0.5) is 13.2 Å². The quantitative estimate of drug-likeness (QED) is 0.167. The van der Waals surface area contributed by atoms with Crippen molar-refractivity contribution in [3.63, 3.8) is 0 Å². The summed E-state index contributed by atoms with van der Waals surface area (Å²) in [5.74, 6) is -3.09. The van der Waals surface area contributed by atoms with Crippen molar-refractivity contribution in [3.8, 4) is 16.9 Å². The molecule has 4 rings (SSSR count). The van der Waals surface area contributed by atoms with Crippen molar-refractivity contribution in [2.24, 2.45) is 12.8 Å². The van der Waals surface area contributed by atoms with Crippen LogP contribution in [0.3, 0.4) is 0 Å². The summed E-state index contributed by atoms with van der Waals surface area (Å²) in [5.41, 5.74) is 12.7. The zero-order valence-corrected chi connectivity index (χ0v) is 27.4. The van der Waals surface area contributed by atoms with E-state index in [0.717, 1.165) is 60.9 Å². The summed E-state index contributed by atoms with van der Waals surface area (Å²) in [6, 6.07) is 9.63. The highest BCUT2D eigenvalue weighted by Gasteiger charge is 2.38. The largest absolute Gasteiger partial charge is 0.494 e. The van der Waals surface area contributed by atoms with Gasteiger partial charge in [0, 0.05) is 40.8 Å². The number of carboxylic acids is 1. The molecular weight excluding hydrogens is 651 g/mol. The number of alkyl halides is 3. The van der Waals surface area contributed by atoms with Gasteiger partial charge in [-0.15, -0.1) is 0 Å². The fraction of sp³-hybridized carbons (Fsp3) is 0.367. The molecule has 5 N–H and O–H groups in total. The first-order valence-corrected chi connectivity index (χ1v) is 16.0. The number of para-hydroxylation sites is 1. The van der Waals surface area contributed by atoms with Crippen LogP contribution >= 0.6 is 11.6 Å². The highest BCUT2D eigenvalue weighted by molar-refractivity contribution is 7.90. The number of carbonyl (C=O) groups is 2. The van der Waals surface area contributed by atoms with Gasteiger partial charge in [0.2, 0.25) is 10.0 Å². The maximum atomic E-state index is 13.2. The maximum Gasteiger partial charge on any atom is 0.490 e. The minimum Gasteiger partial charge on any atom is -0.494 e. The third-order valence-electron chi connectivity index (χ3n) is 7.07. The van der Waals surface area contributed by atoms with Crippen molar-refractivity contribution in [2.45, 2.75) is 46.7 Å². The highest BCUT2D eigenvalue weighted by Crippen LogP contribution is 2.35. The number of aromatic amines is 1. The second-order valence-electron chi connectivity index (χ2n) is 10.5. The van der Waals surface area contributed by atoms with E-state index in [9.17, 15) is 26.4 Å². The number of fused-ring (bicyclic) bond motifs is 1. The Labute approximate surface area is 268 Å². The molecule has 0 aliphatic carbocycles. The summed E-state index contributed by atoms with van der Waals surface area (Å²) < 4.78 is 66.4. The Morgan fingerprint density at radius 1 is 1.15 bits per heavy atom. The van der Waals surface area contributed by atoms with Crippen LogP contribution in [-0.2, 0) is 28.3 Å². The number of hydrogen-bond acceptors (Lipinski definition) is 7. The second kappa shape index (κ2) is 14.6. The number of aliphatic carboxylic acids is 1. The molecule has 2 aromatic carbocycles. The van der Waals surface area contributed by atoms with Gasteiger partial charge < -0.3 is 20.6 Å². The number of aryl methyl sites for hydroxylation is 5. The van der Waals surface area contributed by atoms with E-state index >= 15 is 0 Å². The molecule has 11 nitrogen and oxygen atoms in total. The van der Waals surface area contributed by atoms with E-state index in [1.165, 1.54) is 0 Å². The molecule has 0 radical (unpaired) electrons. The number of H-pyrrole nitrogens is 1. The smallest absolute Gasteiger partial charge is 0.490 e. The zero-order valence-electron chi connectivity index (χ0n) is 25.8. The third kappa shape index (κ3) is 8.59. The molecule has 0 aliphatic rings. The number of carbonyl (C=O) groups excluding carboxylic acids is 1. The molecule has 2 aromatic heterocycles. The van der Waals surface area contributed by atoms with E-state index in [2.05, 4.69) is 14.8 Å². The summed E-state index contributed by atoms with van der Waals surface area (Å²) in [7, 11) is -1.99. The Balaban J connectivity index is 0.000000738. The van der Waals surface area contributed by atoms with Gasteiger partial charge in [-0.1, -0.05) is 29.8 Å². The molecule has 2 heterocycles. The number of rotatable bonds is 10. The van der Waals surface area contributed by atoms with Gasteiger partial charge in [-0.05, 0) is 69.4 Å². The van der Waals surface area contributed by atoms with Crippen LogP contribution in [0.5, 0.6) is 5.75 Å². The zero-order chi connectivity index (χ0) is 34.6. The van der Waals surface area contributed by atoms with Gasteiger partial charge >= 0.3 is 12.1 Å². The molecule has 16 heteroatoms. The predicted octanol–water partition coefficient (Wildman–Crippen LogP) is 5.12. The SMILES string of the molecule is Cc1cc(OCCCc2c(C(=O)NS(=O)(=O)CCN)[nH]c3c(-c4c(C)nn(C)c4C)cccc23)cc(C)c1Cl.O=C(O)C(F)(F)F. The van der Waals surface area contributed by atoms with Gasteiger partial charge in [-0.2, -0.15) is 18.3 Å². The summed E-state index contributed by atoms with van der Waals surface area (Å²) >= 11 is 6.27. The molecule has 0 saturated heterocycles. The van der Waals surface area contributed by atoms with Gasteiger partial charge in [-0.25, -0.2) is 17.9 Å². The Morgan fingerprint density at radius 3 is 2.28 bits per heavy atom. The second-order valence-corrected chi connectivity index (χ2v) is 12.8. The number of benzene rings is 2. The number of nitrogens with two attached hydrogens (primary N) is 1. The van der Waals surface area contributed by atoms with E-state index in [-0.39, 0.29) is 18.0 Å². The Morgan fingerprint density at radius 2 is 1.76 bits per heavy atom. The summed E-state index contributed by atoms with van der Waals surface area (Å²) in [4.78, 5) is 25.4. The minimum absolute atomic E-state index is 0.0904. The molecular formula is C30H35ClF3N5O6S. The lowest BCUT2D eigenvalue weighted by Crippen LogP contribution is -2.35. The van der Waals surface area contributed by atoms with Crippen molar-refractivity contribution in [3.05, 3.63) is 69.1 Å². The van der Waals surface area contributed by atoms with Crippen molar-refractivity contribution >= 4 is 44.4 Å². The lowest BCUT2D eigenvalue weighted by Gasteiger charge is -2.11. The first kappa shape index (κ1) is 36.4. The molecule has 0 unspecified atom stereocenters. The number of nitrogens with one attached hydrogen (secondary N) is 2. The van der Waals surface area contributed by atoms with Crippen LogP contribution in [0.1, 0.15) is 45.0 Å². The van der Waals surface area contributed by atoms with Crippen LogP contribution in [0.15, 0.2) is 30.3 Å². The summed E-state index contributed by atoms with van der Waals surface area (Å²) in [6.45, 7) is 8.10. The number of halogens is 4. The fourth-order valence-electron chi connectivity index (χ4n) is 4.93. The van der Waals surface area contributed by atoms with Crippen molar-refractivity contribution < 1.29 is 41.0 Å². The molecule has 0 atom stereocenters. The Kier molecular flexibility index (Phi) is 11.5. The number of aromatic nitrogens is 3. The topological polar surface area (TPSA) is 169 Å². The van der Waals surface area contributed by atoms with Gasteiger partial charge in [0.25, 0.3) is 5.91 Å². The average molecular weight is 686 g/mol. The normalized spacial score (nSPS) is 11.7. The molecule has 0 spiro atoms. The average Bonchev–Trinajstić information content (AvgIpc) is 3.44. The van der Waals surface area contributed by atoms with Gasteiger partial charge in [0.15, 0.2) is 0 Å². The Bertz CT molecular complexity index is 1850. The maximum absolute atomic E-state index is 13.2. The Hall–Kier alpha value is -4.08. The predicted molar refractivity (Wildman–Crippen MR) is 169 cm³/mol. The molecule has 0 saturated carbocycles. The number of nitrogens with zero attached hydrogens (tertiary/aromatic N) is 2. The van der Waals surface area contributed by atoms with Gasteiger partial charge in [-0.3, -0.25) is 9.48 Å². The van der Waals surface area contributed by atoms with Crippen LogP contribution in [0.2, 0.25) is 5.02 Å². The minimum atomic E-state index is -5.08. The lowest BCUT2D eigenvalue weighted by molar-refractivity contribution is -0.192. The van der Waals surface area contributed by atoms with Crippen LogP contribution in [0.25, 0.3) is 22.0 Å². The molecule has 0 bridgehead atoms. The summed E-state index contributed by atoms with van der Waals surface area (Å²) in [6.07, 6.45) is -4.00.